The first-order valence-corrected chi connectivity index (χ1v) is 21.8. The van der Waals surface area contributed by atoms with Crippen LogP contribution in [0.5, 0.6) is 17.2 Å². The Labute approximate surface area is 352 Å². The van der Waals surface area contributed by atoms with Crippen molar-refractivity contribution in [1.29, 1.82) is 0 Å². The average molecular weight is 838 g/mol. The van der Waals surface area contributed by atoms with E-state index in [9.17, 15) is 22.8 Å². The van der Waals surface area contributed by atoms with Crippen molar-refractivity contribution in [1.82, 2.24) is 15.1 Å². The van der Waals surface area contributed by atoms with Crippen molar-refractivity contribution >= 4 is 40.4 Å². The van der Waals surface area contributed by atoms with Crippen LogP contribution in [0.15, 0.2) is 133 Å². The predicted molar refractivity (Wildman–Crippen MR) is 233 cm³/mol. The summed E-state index contributed by atoms with van der Waals surface area (Å²) in [6.07, 6.45) is 3.99. The lowest BCUT2D eigenvalue weighted by Crippen LogP contribution is -2.32. The molecule has 5 rings (SSSR count). The third-order valence-electron chi connectivity index (χ3n) is 9.44. The number of rotatable bonds is 22. The molecular formula is C46H51N3O8S2. The van der Waals surface area contributed by atoms with Gasteiger partial charge in [0.15, 0.2) is 17.2 Å². The topological polar surface area (TPSA) is 132 Å². The fraction of sp³-hybridized carbons (Fsp3) is 0.283. The smallest absolute Gasteiger partial charge is 0.406 e. The van der Waals surface area contributed by atoms with Gasteiger partial charge in [-0.2, -0.15) is 0 Å². The van der Waals surface area contributed by atoms with Crippen LogP contribution in [0.2, 0.25) is 0 Å². The van der Waals surface area contributed by atoms with Gasteiger partial charge >= 0.3 is 16.5 Å². The number of hydrogen-bond donors (Lipinski definition) is 1. The first-order valence-electron chi connectivity index (χ1n) is 19.5. The molecule has 0 aliphatic rings. The lowest BCUT2D eigenvalue weighted by atomic mass is 9.84. The Kier molecular flexibility index (Phi) is 16.5. The third kappa shape index (κ3) is 12.7. The van der Waals surface area contributed by atoms with Crippen LogP contribution >= 0.6 is 11.8 Å². The van der Waals surface area contributed by atoms with Gasteiger partial charge < -0.3 is 28.2 Å². The minimum atomic E-state index is -4.85. The summed E-state index contributed by atoms with van der Waals surface area (Å²) in [5.41, 5.74) is 3.64. The van der Waals surface area contributed by atoms with Gasteiger partial charge in [-0.15, -0.1) is 20.2 Å². The van der Waals surface area contributed by atoms with Crippen molar-refractivity contribution < 1.29 is 35.9 Å². The monoisotopic (exact) mass is 837 g/mol. The molecule has 310 valence electrons. The van der Waals surface area contributed by atoms with Gasteiger partial charge in [-0.05, 0) is 92.7 Å². The van der Waals surface area contributed by atoms with Crippen molar-refractivity contribution in [2.75, 3.05) is 46.5 Å². The van der Waals surface area contributed by atoms with Crippen LogP contribution in [-0.4, -0.2) is 83.0 Å². The van der Waals surface area contributed by atoms with Crippen LogP contribution in [0.4, 0.5) is 4.79 Å². The number of carbonyl (C=O) groups excluding carboxylic acids is 3. The number of hydrogen-bond acceptors (Lipinski definition) is 10. The molecule has 0 unspecified atom stereocenters. The van der Waals surface area contributed by atoms with E-state index in [0.717, 1.165) is 31.6 Å². The van der Waals surface area contributed by atoms with E-state index in [4.69, 9.17) is 13.1 Å². The molecular weight excluding hydrogens is 787 g/mol. The molecule has 0 fully saturated rings. The van der Waals surface area contributed by atoms with Crippen molar-refractivity contribution in [2.45, 2.75) is 36.9 Å². The standard InChI is InChI=1S/C46H51N3O8S2/c1-48(2)31-19-32-49(3)45(52)55-42-26-15-16-27-43(42)57-59(53,54)56-41-29-28-36(35-50)34-40(41)44(51)47-30-17-4-5-18-33-58-46(37-20-9-6-10-21-37,38-22-11-7-12-23-38)39-24-13-8-14-25-39/h6-16,20-29,34-35H,4-5,17-19,30-33H2,1-3H3,(H,47,51). The maximum atomic E-state index is 13.4. The number of ether oxygens (including phenoxy) is 1. The number of nitrogens with one attached hydrogen (secondary N) is 1. The molecule has 0 aliphatic carbocycles. The van der Waals surface area contributed by atoms with Crippen LogP contribution in [-0.2, 0) is 15.1 Å². The zero-order chi connectivity index (χ0) is 42.1. The van der Waals surface area contributed by atoms with Gasteiger partial charge in [-0.1, -0.05) is 116 Å². The van der Waals surface area contributed by atoms with Crippen LogP contribution in [0.1, 0.15) is 69.5 Å². The molecule has 11 nitrogen and oxygen atoms in total. The Bertz CT molecular complexity index is 2130. The van der Waals surface area contributed by atoms with E-state index in [1.54, 1.807) is 13.1 Å². The SMILES string of the molecule is CN(C)CCCN(C)C(=O)Oc1ccccc1OS(=O)(=O)Oc1ccc(C=O)cc1C(=O)NCCCCCCSC(c1ccccc1)(c1ccccc1)c1ccccc1. The first-order chi connectivity index (χ1) is 28.5. The molecule has 0 aliphatic heterocycles. The van der Waals surface area contributed by atoms with Crippen molar-refractivity contribution in [2.24, 2.45) is 0 Å². The molecule has 0 bridgehead atoms. The lowest BCUT2D eigenvalue weighted by Gasteiger charge is -2.35. The largest absolute Gasteiger partial charge is 0.501 e. The van der Waals surface area contributed by atoms with Gasteiger partial charge in [-0.3, -0.25) is 9.59 Å². The van der Waals surface area contributed by atoms with Gasteiger partial charge in [-0.25, -0.2) is 4.79 Å². The summed E-state index contributed by atoms with van der Waals surface area (Å²) in [7, 11) is 0.587. The molecule has 2 amide bonds. The molecule has 0 saturated carbocycles. The molecule has 0 radical (unpaired) electrons. The van der Waals surface area contributed by atoms with E-state index in [2.05, 4.69) is 78.1 Å². The summed E-state index contributed by atoms with van der Waals surface area (Å²) in [5, 5.41) is 2.83. The zero-order valence-corrected chi connectivity index (χ0v) is 35.3. The second kappa shape index (κ2) is 21.9. The van der Waals surface area contributed by atoms with E-state index in [1.165, 1.54) is 58.0 Å². The summed E-state index contributed by atoms with van der Waals surface area (Å²) >= 11 is 1.91. The van der Waals surface area contributed by atoms with Crippen LogP contribution in [0.25, 0.3) is 0 Å². The predicted octanol–water partition coefficient (Wildman–Crippen LogP) is 8.60. The minimum absolute atomic E-state index is 0.139. The molecule has 0 aromatic heterocycles. The van der Waals surface area contributed by atoms with E-state index in [-0.39, 0.29) is 33.1 Å². The zero-order valence-electron chi connectivity index (χ0n) is 33.6. The average Bonchev–Trinajstić information content (AvgIpc) is 3.24. The third-order valence-corrected chi connectivity index (χ3v) is 11.8. The Balaban J connectivity index is 1.16. The Morgan fingerprint density at radius 1 is 0.661 bits per heavy atom. The fourth-order valence-corrected chi connectivity index (χ4v) is 8.79. The van der Waals surface area contributed by atoms with Gasteiger partial charge in [0.2, 0.25) is 0 Å². The number of aldehydes is 1. The quantitative estimate of drug-likeness (QED) is 0.0411. The molecule has 0 saturated heterocycles. The highest BCUT2D eigenvalue weighted by Gasteiger charge is 2.36. The highest BCUT2D eigenvalue weighted by molar-refractivity contribution is 8.00. The van der Waals surface area contributed by atoms with Gasteiger partial charge in [0, 0.05) is 25.7 Å². The van der Waals surface area contributed by atoms with E-state index in [0.29, 0.717) is 32.2 Å². The second-order valence-corrected chi connectivity index (χ2v) is 16.6. The number of carbonyl (C=O) groups is 3. The van der Waals surface area contributed by atoms with Crippen LogP contribution in [0.3, 0.4) is 0 Å². The molecule has 0 spiro atoms. The molecule has 59 heavy (non-hydrogen) atoms. The molecule has 0 heterocycles. The van der Waals surface area contributed by atoms with Gasteiger partial charge in [0.25, 0.3) is 5.91 Å². The molecule has 0 atom stereocenters. The summed E-state index contributed by atoms with van der Waals surface area (Å²) in [6.45, 7) is 1.51. The summed E-state index contributed by atoms with van der Waals surface area (Å²) in [5.74, 6) is -0.470. The number of nitrogens with zero attached hydrogens (tertiary/aromatic N) is 2. The number of para-hydroxylation sites is 2. The van der Waals surface area contributed by atoms with Gasteiger partial charge in [0.05, 0.1) is 10.3 Å². The number of benzene rings is 5. The summed E-state index contributed by atoms with van der Waals surface area (Å²) in [6, 6.07) is 41.3. The maximum Gasteiger partial charge on any atom is 0.501 e. The molecule has 1 N–H and O–H groups in total. The highest BCUT2D eigenvalue weighted by atomic mass is 32.3. The normalized spacial score (nSPS) is 11.5. The summed E-state index contributed by atoms with van der Waals surface area (Å²) < 4.78 is 41.8. The van der Waals surface area contributed by atoms with Crippen LogP contribution in [0, 0.1) is 0 Å². The summed E-state index contributed by atoms with van der Waals surface area (Å²) in [4.78, 5) is 41.1. The minimum Gasteiger partial charge on any atom is -0.406 e. The Hall–Kier alpha value is -5.63. The highest BCUT2D eigenvalue weighted by Crippen LogP contribution is 2.48. The Morgan fingerprint density at radius 3 is 1.78 bits per heavy atom. The van der Waals surface area contributed by atoms with Crippen molar-refractivity contribution in [3.05, 3.63) is 161 Å². The van der Waals surface area contributed by atoms with E-state index < -0.39 is 22.4 Å². The molecule has 5 aromatic rings. The van der Waals surface area contributed by atoms with E-state index in [1.807, 2.05) is 49.0 Å². The lowest BCUT2D eigenvalue weighted by molar-refractivity contribution is 0.0951. The first kappa shape index (κ1) is 44.5. The Morgan fingerprint density at radius 2 is 1.20 bits per heavy atom. The van der Waals surface area contributed by atoms with Crippen molar-refractivity contribution in [3.8, 4) is 17.2 Å². The number of thioether (sulfide) groups is 1. The second-order valence-electron chi connectivity index (χ2n) is 14.1. The van der Waals surface area contributed by atoms with Crippen molar-refractivity contribution in [3.63, 3.8) is 0 Å². The molecule has 5 aromatic carbocycles. The maximum absolute atomic E-state index is 13.4. The molecule has 13 heteroatoms. The number of amides is 2. The van der Waals surface area contributed by atoms with E-state index >= 15 is 0 Å². The van der Waals surface area contributed by atoms with Crippen LogP contribution < -0.4 is 18.4 Å². The van der Waals surface area contributed by atoms with Gasteiger partial charge in [0.1, 0.15) is 6.29 Å². The number of unbranched alkanes of at least 4 members (excludes halogenated alkanes) is 3. The fourth-order valence-electron chi connectivity index (χ4n) is 6.47.